The van der Waals surface area contributed by atoms with Gasteiger partial charge in [0.1, 0.15) is 0 Å². The van der Waals surface area contributed by atoms with E-state index in [-0.39, 0.29) is 11.6 Å². The topological polar surface area (TPSA) is 79.6 Å². The van der Waals surface area contributed by atoms with Gasteiger partial charge in [-0.3, -0.25) is 5.10 Å². The van der Waals surface area contributed by atoms with Crippen molar-refractivity contribution < 1.29 is 13.2 Å². The van der Waals surface area contributed by atoms with Gasteiger partial charge in [0.05, 0.1) is 5.56 Å². The number of nitrogens with zero attached hydrogens (tertiary/aromatic N) is 2. The molecule has 5 nitrogen and oxygen atoms in total. The predicted octanol–water partition coefficient (Wildman–Crippen LogP) is 6.69. The van der Waals surface area contributed by atoms with Gasteiger partial charge in [-0.1, -0.05) is 30.0 Å². The first-order valence-electron chi connectivity index (χ1n) is 9.40. The Kier molecular flexibility index (Phi) is 6.33. The standard InChI is InChI=1S/C22H18F3N5S2/c1-31-18-10-15(26)11-19(12-18)32-17-7-5-13(6-8-17)20-28-21(30-29-20)27-16-4-2-3-14(9-16)22(23,24)25/h2-12H,26H2,1H3,(H2,27,28,29,30). The van der Waals surface area contributed by atoms with Crippen LogP contribution in [0.1, 0.15) is 5.56 Å². The molecule has 0 aliphatic heterocycles. The number of halogens is 3. The number of H-pyrrole nitrogens is 1. The van der Waals surface area contributed by atoms with Gasteiger partial charge in [0.2, 0.25) is 5.95 Å². The molecule has 1 aromatic heterocycles. The van der Waals surface area contributed by atoms with Crippen LogP contribution >= 0.6 is 23.5 Å². The minimum atomic E-state index is -4.41. The van der Waals surface area contributed by atoms with Gasteiger partial charge >= 0.3 is 6.18 Å². The lowest BCUT2D eigenvalue weighted by Crippen LogP contribution is -2.05. The zero-order chi connectivity index (χ0) is 22.7. The van der Waals surface area contributed by atoms with E-state index in [1.807, 2.05) is 42.7 Å². The number of hydrogen-bond donors (Lipinski definition) is 3. The van der Waals surface area contributed by atoms with E-state index in [0.29, 0.717) is 5.82 Å². The van der Waals surface area contributed by atoms with Crippen LogP contribution in [0.5, 0.6) is 0 Å². The van der Waals surface area contributed by atoms with E-state index in [1.165, 1.54) is 12.1 Å². The summed E-state index contributed by atoms with van der Waals surface area (Å²) in [6.45, 7) is 0. The zero-order valence-corrected chi connectivity index (χ0v) is 18.4. The van der Waals surface area contributed by atoms with Gasteiger partial charge in [-0.25, -0.2) is 0 Å². The highest BCUT2D eigenvalue weighted by atomic mass is 32.2. The molecule has 32 heavy (non-hydrogen) atoms. The van der Waals surface area contributed by atoms with Crippen LogP contribution in [0.25, 0.3) is 11.4 Å². The van der Waals surface area contributed by atoms with E-state index in [4.69, 9.17) is 5.73 Å². The molecule has 0 atom stereocenters. The number of anilines is 3. The van der Waals surface area contributed by atoms with Crippen molar-refractivity contribution in [1.82, 2.24) is 15.2 Å². The summed E-state index contributed by atoms with van der Waals surface area (Å²) in [4.78, 5) is 7.52. The minimum absolute atomic E-state index is 0.183. The van der Waals surface area contributed by atoms with Crippen molar-refractivity contribution >= 4 is 40.8 Å². The van der Waals surface area contributed by atoms with Crippen LogP contribution in [0.2, 0.25) is 0 Å². The maximum Gasteiger partial charge on any atom is 0.416 e. The largest absolute Gasteiger partial charge is 0.416 e. The van der Waals surface area contributed by atoms with Crippen LogP contribution in [0, 0.1) is 0 Å². The second-order valence-electron chi connectivity index (χ2n) is 6.78. The van der Waals surface area contributed by atoms with Crippen molar-refractivity contribution in [3.05, 3.63) is 72.3 Å². The smallest absolute Gasteiger partial charge is 0.399 e. The Morgan fingerprint density at radius 2 is 1.69 bits per heavy atom. The maximum atomic E-state index is 12.9. The number of nitrogen functional groups attached to an aromatic ring is 1. The molecule has 0 aliphatic carbocycles. The van der Waals surface area contributed by atoms with Crippen molar-refractivity contribution in [2.45, 2.75) is 20.9 Å². The van der Waals surface area contributed by atoms with Gasteiger partial charge in [0, 0.05) is 31.6 Å². The van der Waals surface area contributed by atoms with E-state index in [1.54, 1.807) is 23.5 Å². The molecule has 4 rings (SSSR count). The second-order valence-corrected chi connectivity index (χ2v) is 8.81. The molecule has 3 aromatic carbocycles. The molecule has 1 heterocycles. The average Bonchev–Trinajstić information content (AvgIpc) is 3.22. The molecule has 0 bridgehead atoms. The van der Waals surface area contributed by atoms with E-state index >= 15 is 0 Å². The number of aromatic nitrogens is 3. The third kappa shape index (κ3) is 5.38. The molecule has 0 amide bonds. The van der Waals surface area contributed by atoms with Gasteiger partial charge in [-0.15, -0.1) is 16.9 Å². The minimum Gasteiger partial charge on any atom is -0.399 e. The first kappa shape index (κ1) is 22.1. The number of alkyl halides is 3. The van der Waals surface area contributed by atoms with Crippen molar-refractivity contribution in [1.29, 1.82) is 0 Å². The Balaban J connectivity index is 1.46. The van der Waals surface area contributed by atoms with Crippen LogP contribution in [0.3, 0.4) is 0 Å². The number of nitrogens with two attached hydrogens (primary N) is 1. The second kappa shape index (κ2) is 9.17. The highest BCUT2D eigenvalue weighted by molar-refractivity contribution is 7.99. The van der Waals surface area contributed by atoms with E-state index in [0.717, 1.165) is 38.1 Å². The monoisotopic (exact) mass is 473 g/mol. The lowest BCUT2D eigenvalue weighted by atomic mass is 10.2. The van der Waals surface area contributed by atoms with Gasteiger partial charge in [0.25, 0.3) is 0 Å². The Morgan fingerprint density at radius 3 is 2.41 bits per heavy atom. The molecule has 0 radical (unpaired) electrons. The number of rotatable bonds is 6. The lowest BCUT2D eigenvalue weighted by molar-refractivity contribution is -0.137. The Hall–Kier alpha value is -3.11. The summed E-state index contributed by atoms with van der Waals surface area (Å²) in [5, 5.41) is 9.65. The summed E-state index contributed by atoms with van der Waals surface area (Å²) in [6.07, 6.45) is -2.41. The first-order chi connectivity index (χ1) is 15.3. The molecular formula is C22H18F3N5S2. The summed E-state index contributed by atoms with van der Waals surface area (Å²) >= 11 is 3.24. The molecule has 0 aliphatic rings. The number of hydrogen-bond acceptors (Lipinski definition) is 6. The summed E-state index contributed by atoms with van der Waals surface area (Å²) in [7, 11) is 0. The fraction of sp³-hybridized carbons (Fsp3) is 0.0909. The molecule has 10 heteroatoms. The zero-order valence-electron chi connectivity index (χ0n) is 16.8. The van der Waals surface area contributed by atoms with Crippen LogP contribution in [-0.2, 0) is 6.18 Å². The Bertz CT molecular complexity index is 1220. The molecule has 0 saturated carbocycles. The van der Waals surface area contributed by atoms with Crippen LogP contribution in [0.4, 0.5) is 30.5 Å². The van der Waals surface area contributed by atoms with Crippen LogP contribution in [0.15, 0.2) is 81.4 Å². The van der Waals surface area contributed by atoms with E-state index in [2.05, 4.69) is 26.6 Å². The summed E-state index contributed by atoms with van der Waals surface area (Å²) in [6, 6.07) is 18.6. The molecule has 0 fully saturated rings. The summed E-state index contributed by atoms with van der Waals surface area (Å²) in [5.41, 5.74) is 7.00. The van der Waals surface area contributed by atoms with E-state index < -0.39 is 11.7 Å². The molecule has 164 valence electrons. The normalized spacial score (nSPS) is 11.5. The highest BCUT2D eigenvalue weighted by Crippen LogP contribution is 2.34. The van der Waals surface area contributed by atoms with Gasteiger partial charge < -0.3 is 11.1 Å². The maximum absolute atomic E-state index is 12.9. The molecule has 4 N–H and O–H groups in total. The quantitative estimate of drug-likeness (QED) is 0.214. The lowest BCUT2D eigenvalue weighted by Gasteiger charge is -2.08. The summed E-state index contributed by atoms with van der Waals surface area (Å²) < 4.78 is 38.7. The van der Waals surface area contributed by atoms with Crippen LogP contribution < -0.4 is 11.1 Å². The Labute approximate surface area is 191 Å². The van der Waals surface area contributed by atoms with Crippen molar-refractivity contribution in [2.75, 3.05) is 17.3 Å². The third-order valence-electron chi connectivity index (χ3n) is 4.43. The predicted molar refractivity (Wildman–Crippen MR) is 123 cm³/mol. The average molecular weight is 474 g/mol. The number of benzene rings is 3. The molecular weight excluding hydrogens is 455 g/mol. The van der Waals surface area contributed by atoms with Gasteiger partial charge in [-0.05, 0) is 54.8 Å². The molecule has 0 unspecified atom stereocenters. The first-order valence-corrected chi connectivity index (χ1v) is 11.4. The van der Waals surface area contributed by atoms with E-state index in [9.17, 15) is 13.2 Å². The van der Waals surface area contributed by atoms with Gasteiger partial charge in [0.15, 0.2) is 5.82 Å². The number of nitrogens with one attached hydrogen (secondary N) is 2. The SMILES string of the molecule is CSc1cc(N)cc(Sc2ccc(-c3nc(Nc4cccc(C(F)(F)F)c4)n[nH]3)cc2)c1. The molecule has 0 spiro atoms. The number of aromatic amines is 1. The fourth-order valence-corrected chi connectivity index (χ4v) is 4.44. The Morgan fingerprint density at radius 1 is 0.938 bits per heavy atom. The third-order valence-corrected chi connectivity index (χ3v) is 6.12. The number of thioether (sulfide) groups is 1. The van der Waals surface area contributed by atoms with Crippen LogP contribution in [-0.4, -0.2) is 21.4 Å². The summed E-state index contributed by atoms with van der Waals surface area (Å²) in [5.74, 6) is 0.687. The van der Waals surface area contributed by atoms with Crippen molar-refractivity contribution in [3.8, 4) is 11.4 Å². The van der Waals surface area contributed by atoms with Gasteiger partial charge in [-0.2, -0.15) is 18.2 Å². The molecule has 0 saturated heterocycles. The molecule has 4 aromatic rings. The highest BCUT2D eigenvalue weighted by Gasteiger charge is 2.30. The van der Waals surface area contributed by atoms with Crippen molar-refractivity contribution in [3.63, 3.8) is 0 Å². The fourth-order valence-electron chi connectivity index (χ4n) is 2.94. The van der Waals surface area contributed by atoms with Crippen molar-refractivity contribution in [2.24, 2.45) is 0 Å².